The Labute approximate surface area is 102 Å². The van der Waals surface area contributed by atoms with Gasteiger partial charge in [0, 0.05) is 31.8 Å². The first-order chi connectivity index (χ1) is 8.04. The van der Waals surface area contributed by atoms with Crippen LogP contribution in [0.4, 0.5) is 0 Å². The van der Waals surface area contributed by atoms with Gasteiger partial charge in [-0.05, 0) is 25.9 Å². The van der Waals surface area contributed by atoms with E-state index in [9.17, 15) is 9.59 Å². The number of rotatable bonds is 5. The van der Waals surface area contributed by atoms with E-state index in [0.717, 1.165) is 31.7 Å². The minimum Gasteiger partial charge on any atom is -0.478 e. The number of carbonyl (C=O) groups excluding carboxylic acids is 1. The molecule has 0 aromatic carbocycles. The van der Waals surface area contributed by atoms with Gasteiger partial charge in [-0.1, -0.05) is 6.92 Å². The standard InChI is InChI=1S/C12H20N2O3/c1-3-14-8-4-5-10(14)9-13(2)11(15)6-7-12(16)17/h6-7,10H,3-5,8-9H2,1-2H3,(H,16,17). The third-order valence-electron chi connectivity index (χ3n) is 3.13. The monoisotopic (exact) mass is 240 g/mol. The Balaban J connectivity index is 2.45. The fourth-order valence-corrected chi connectivity index (χ4v) is 2.19. The Kier molecular flexibility index (Phi) is 5.15. The summed E-state index contributed by atoms with van der Waals surface area (Å²) in [4.78, 5) is 25.8. The second-order valence-electron chi connectivity index (χ2n) is 4.31. The number of carbonyl (C=O) groups is 2. The number of hydrogen-bond acceptors (Lipinski definition) is 3. The first-order valence-electron chi connectivity index (χ1n) is 5.94. The molecule has 0 spiro atoms. The molecule has 0 radical (unpaired) electrons. The molecule has 0 aromatic heterocycles. The summed E-state index contributed by atoms with van der Waals surface area (Å²) in [5.41, 5.74) is 0. The summed E-state index contributed by atoms with van der Waals surface area (Å²) >= 11 is 0. The number of likely N-dealkylation sites (tertiary alicyclic amines) is 1. The van der Waals surface area contributed by atoms with E-state index in [0.29, 0.717) is 12.6 Å². The number of carboxylic acids is 1. The molecule has 0 aliphatic carbocycles. The lowest BCUT2D eigenvalue weighted by Crippen LogP contribution is -2.40. The van der Waals surface area contributed by atoms with Crippen LogP contribution in [0.3, 0.4) is 0 Å². The molecule has 1 saturated heterocycles. The first-order valence-corrected chi connectivity index (χ1v) is 5.94. The van der Waals surface area contributed by atoms with Gasteiger partial charge in [-0.15, -0.1) is 0 Å². The smallest absolute Gasteiger partial charge is 0.328 e. The van der Waals surface area contributed by atoms with Crippen LogP contribution in [0, 0.1) is 0 Å². The molecule has 5 heteroatoms. The average molecular weight is 240 g/mol. The predicted octanol–water partition coefficient (Wildman–Crippen LogP) is 0.570. The van der Waals surface area contributed by atoms with Gasteiger partial charge < -0.3 is 10.0 Å². The maximum Gasteiger partial charge on any atom is 0.328 e. The topological polar surface area (TPSA) is 60.9 Å². The van der Waals surface area contributed by atoms with Crippen LogP contribution in [0.1, 0.15) is 19.8 Å². The van der Waals surface area contributed by atoms with Crippen molar-refractivity contribution in [2.24, 2.45) is 0 Å². The summed E-state index contributed by atoms with van der Waals surface area (Å²) in [5, 5.41) is 8.44. The minimum atomic E-state index is -1.09. The normalized spacial score (nSPS) is 20.9. The molecule has 1 amide bonds. The largest absolute Gasteiger partial charge is 0.478 e. The van der Waals surface area contributed by atoms with Crippen LogP contribution in [0.15, 0.2) is 12.2 Å². The Morgan fingerprint density at radius 3 is 2.76 bits per heavy atom. The van der Waals surface area contributed by atoms with Crippen LogP contribution in [0.5, 0.6) is 0 Å². The van der Waals surface area contributed by atoms with Gasteiger partial charge in [-0.25, -0.2) is 4.79 Å². The van der Waals surface area contributed by atoms with Crippen LogP contribution >= 0.6 is 0 Å². The van der Waals surface area contributed by atoms with E-state index in [1.807, 2.05) is 0 Å². The van der Waals surface area contributed by atoms with Crippen LogP contribution in [-0.4, -0.2) is 59.5 Å². The summed E-state index contributed by atoms with van der Waals surface area (Å²) in [6.07, 6.45) is 4.26. The summed E-state index contributed by atoms with van der Waals surface area (Å²) in [7, 11) is 1.71. The molecule has 17 heavy (non-hydrogen) atoms. The lowest BCUT2D eigenvalue weighted by atomic mass is 10.2. The van der Waals surface area contributed by atoms with E-state index in [-0.39, 0.29) is 5.91 Å². The van der Waals surface area contributed by atoms with Gasteiger partial charge in [0.25, 0.3) is 0 Å². The molecule has 0 aromatic rings. The maximum atomic E-state index is 11.6. The molecule has 1 aliphatic rings. The lowest BCUT2D eigenvalue weighted by molar-refractivity contribution is -0.132. The Hall–Kier alpha value is -1.36. The molecular weight excluding hydrogens is 220 g/mol. The molecule has 1 aliphatic heterocycles. The van der Waals surface area contributed by atoms with Crippen LogP contribution in [0.25, 0.3) is 0 Å². The lowest BCUT2D eigenvalue weighted by Gasteiger charge is -2.27. The van der Waals surface area contributed by atoms with Gasteiger partial charge in [0.2, 0.25) is 5.91 Å². The van der Waals surface area contributed by atoms with Crippen LogP contribution < -0.4 is 0 Å². The van der Waals surface area contributed by atoms with E-state index < -0.39 is 5.97 Å². The number of carboxylic acid groups (broad SMARTS) is 1. The Bertz CT molecular complexity index is 315. The highest BCUT2D eigenvalue weighted by Gasteiger charge is 2.24. The van der Waals surface area contributed by atoms with Gasteiger partial charge in [0.15, 0.2) is 0 Å². The molecule has 1 atom stereocenters. The van der Waals surface area contributed by atoms with E-state index in [1.54, 1.807) is 11.9 Å². The molecule has 1 rings (SSSR count). The molecule has 1 unspecified atom stereocenters. The third-order valence-corrected chi connectivity index (χ3v) is 3.13. The number of amides is 1. The van der Waals surface area contributed by atoms with E-state index >= 15 is 0 Å². The Morgan fingerprint density at radius 1 is 1.47 bits per heavy atom. The first kappa shape index (κ1) is 13.7. The molecule has 1 N–H and O–H groups in total. The number of likely N-dealkylation sites (N-methyl/N-ethyl adjacent to an activating group) is 2. The van der Waals surface area contributed by atoms with Crippen molar-refractivity contribution in [3.63, 3.8) is 0 Å². The highest BCUT2D eigenvalue weighted by atomic mass is 16.4. The number of nitrogens with zero attached hydrogens (tertiary/aromatic N) is 2. The quantitative estimate of drug-likeness (QED) is 0.714. The predicted molar refractivity (Wildman–Crippen MR) is 64.7 cm³/mol. The summed E-state index contributed by atoms with van der Waals surface area (Å²) in [6, 6.07) is 0.409. The van der Waals surface area contributed by atoms with Crippen molar-refractivity contribution in [1.29, 1.82) is 0 Å². The molecule has 1 fully saturated rings. The molecular formula is C12H20N2O3. The van der Waals surface area contributed by atoms with Gasteiger partial charge in [-0.3, -0.25) is 9.69 Å². The van der Waals surface area contributed by atoms with Crippen LogP contribution in [-0.2, 0) is 9.59 Å². The molecule has 1 heterocycles. The Morgan fingerprint density at radius 2 is 2.18 bits per heavy atom. The fourth-order valence-electron chi connectivity index (χ4n) is 2.19. The zero-order valence-electron chi connectivity index (χ0n) is 10.4. The number of aliphatic carboxylic acids is 1. The van der Waals surface area contributed by atoms with Crippen LogP contribution in [0.2, 0.25) is 0 Å². The average Bonchev–Trinajstić information content (AvgIpc) is 2.72. The molecule has 0 bridgehead atoms. The van der Waals surface area contributed by atoms with Crippen molar-refractivity contribution in [2.45, 2.75) is 25.8 Å². The minimum absolute atomic E-state index is 0.254. The van der Waals surface area contributed by atoms with Crippen molar-refractivity contribution < 1.29 is 14.7 Å². The summed E-state index contributed by atoms with van der Waals surface area (Å²) in [5.74, 6) is -1.35. The van der Waals surface area contributed by atoms with Crippen molar-refractivity contribution in [1.82, 2.24) is 9.80 Å². The van der Waals surface area contributed by atoms with E-state index in [1.165, 1.54) is 6.42 Å². The molecule has 5 nitrogen and oxygen atoms in total. The highest BCUT2D eigenvalue weighted by molar-refractivity contribution is 5.93. The van der Waals surface area contributed by atoms with Crippen molar-refractivity contribution >= 4 is 11.9 Å². The van der Waals surface area contributed by atoms with Crippen molar-refractivity contribution in [3.8, 4) is 0 Å². The van der Waals surface area contributed by atoms with Gasteiger partial charge in [-0.2, -0.15) is 0 Å². The van der Waals surface area contributed by atoms with Gasteiger partial charge in [0.1, 0.15) is 0 Å². The highest BCUT2D eigenvalue weighted by Crippen LogP contribution is 2.17. The second-order valence-corrected chi connectivity index (χ2v) is 4.31. The maximum absolute atomic E-state index is 11.6. The van der Waals surface area contributed by atoms with E-state index in [4.69, 9.17) is 5.11 Å². The van der Waals surface area contributed by atoms with E-state index in [2.05, 4.69) is 11.8 Å². The SMILES string of the molecule is CCN1CCCC1CN(C)C(=O)C=CC(=O)O. The summed E-state index contributed by atoms with van der Waals surface area (Å²) < 4.78 is 0. The third kappa shape index (κ3) is 4.19. The molecule has 0 saturated carbocycles. The van der Waals surface area contributed by atoms with Gasteiger partial charge in [0.05, 0.1) is 0 Å². The molecule has 96 valence electrons. The van der Waals surface area contributed by atoms with Crippen molar-refractivity contribution in [3.05, 3.63) is 12.2 Å². The second kappa shape index (κ2) is 6.39. The number of hydrogen-bond donors (Lipinski definition) is 1. The zero-order chi connectivity index (χ0) is 12.8. The fraction of sp³-hybridized carbons (Fsp3) is 0.667. The van der Waals surface area contributed by atoms with Gasteiger partial charge >= 0.3 is 5.97 Å². The van der Waals surface area contributed by atoms with Crippen molar-refractivity contribution in [2.75, 3.05) is 26.7 Å². The zero-order valence-corrected chi connectivity index (χ0v) is 10.4. The summed E-state index contributed by atoms with van der Waals surface area (Å²) in [6.45, 7) is 4.87.